The quantitative estimate of drug-likeness (QED) is 0.819. The van der Waals surface area contributed by atoms with Crippen molar-refractivity contribution in [2.45, 2.75) is 30.7 Å². The highest BCUT2D eigenvalue weighted by atomic mass is 35.5. The summed E-state index contributed by atoms with van der Waals surface area (Å²) in [5.74, 6) is -0.156. The number of anilines is 1. The van der Waals surface area contributed by atoms with Gasteiger partial charge in [-0.1, -0.05) is 23.8 Å². The van der Waals surface area contributed by atoms with Crippen LogP contribution in [0.5, 0.6) is 0 Å². The molecule has 1 aliphatic rings. The Hall–Kier alpha value is -2.09. The number of aryl methyl sites for hydroxylation is 1. The monoisotopic (exact) mass is 423 g/mol. The lowest BCUT2D eigenvalue weighted by Gasteiger charge is -2.30. The molecule has 0 bridgehead atoms. The zero-order valence-corrected chi connectivity index (χ0v) is 17.7. The summed E-state index contributed by atoms with van der Waals surface area (Å²) in [5.41, 5.74) is 7.90. The van der Waals surface area contributed by atoms with Crippen LogP contribution in [0.15, 0.2) is 53.4 Å². The Bertz CT molecular complexity index is 924. The van der Waals surface area contributed by atoms with E-state index >= 15 is 0 Å². The molecule has 2 N–H and O–H groups in total. The van der Waals surface area contributed by atoms with E-state index in [1.807, 2.05) is 19.1 Å². The first-order valence-electron chi connectivity index (χ1n) is 8.99. The average Bonchev–Trinajstić information content (AvgIpc) is 2.68. The minimum atomic E-state index is -3.76. The fraction of sp³-hybridized carbons (Fsp3) is 0.350. The van der Waals surface area contributed by atoms with Crippen LogP contribution in [-0.4, -0.2) is 45.4 Å². The number of carbonyl (C=O) groups excluding carboxylic acids is 1. The van der Waals surface area contributed by atoms with Gasteiger partial charge in [-0.25, -0.2) is 8.42 Å². The van der Waals surface area contributed by atoms with Crippen molar-refractivity contribution in [3.05, 3.63) is 59.7 Å². The second-order valence-corrected chi connectivity index (χ2v) is 8.93. The molecule has 3 rings (SSSR count). The fourth-order valence-electron chi connectivity index (χ4n) is 3.13. The highest BCUT2D eigenvalue weighted by molar-refractivity contribution is 7.92. The van der Waals surface area contributed by atoms with Gasteiger partial charge in [0.2, 0.25) is 0 Å². The summed E-state index contributed by atoms with van der Waals surface area (Å²) in [7, 11) is -2.24. The molecule has 28 heavy (non-hydrogen) atoms. The number of amides is 1. The van der Waals surface area contributed by atoms with Crippen LogP contribution in [0, 0.1) is 6.92 Å². The van der Waals surface area contributed by atoms with Crippen molar-refractivity contribution in [2.75, 3.05) is 24.4 Å². The first kappa shape index (κ1) is 22.2. The van der Waals surface area contributed by atoms with Crippen molar-refractivity contribution in [2.24, 2.45) is 5.73 Å². The van der Waals surface area contributed by atoms with Gasteiger partial charge < -0.3 is 10.6 Å². The molecule has 0 saturated carbocycles. The summed E-state index contributed by atoms with van der Waals surface area (Å²) in [6.07, 6.45) is 1.53. The van der Waals surface area contributed by atoms with E-state index in [0.29, 0.717) is 24.3 Å². The SMILES string of the molecule is Cc1ccc(N(C)S(=O)(=O)c2cccc(C(=O)N3CCC(N)CC3)c2)cc1.Cl. The van der Waals surface area contributed by atoms with Crippen LogP contribution in [0.4, 0.5) is 5.69 Å². The van der Waals surface area contributed by atoms with Gasteiger partial charge in [0.1, 0.15) is 0 Å². The lowest BCUT2D eigenvalue weighted by molar-refractivity contribution is 0.0714. The van der Waals surface area contributed by atoms with Gasteiger partial charge in [-0.05, 0) is 50.1 Å². The van der Waals surface area contributed by atoms with Crippen molar-refractivity contribution >= 4 is 34.0 Å². The Kier molecular flexibility index (Phi) is 7.09. The van der Waals surface area contributed by atoms with E-state index in [9.17, 15) is 13.2 Å². The molecule has 8 heteroatoms. The van der Waals surface area contributed by atoms with Crippen molar-refractivity contribution in [1.82, 2.24) is 4.90 Å². The van der Waals surface area contributed by atoms with E-state index in [-0.39, 0.29) is 29.3 Å². The van der Waals surface area contributed by atoms with E-state index in [2.05, 4.69) is 0 Å². The normalized spacial score (nSPS) is 15.0. The first-order valence-corrected chi connectivity index (χ1v) is 10.4. The van der Waals surface area contributed by atoms with Gasteiger partial charge in [-0.2, -0.15) is 0 Å². The van der Waals surface area contributed by atoms with Gasteiger partial charge >= 0.3 is 0 Å². The Morgan fingerprint density at radius 2 is 1.71 bits per heavy atom. The largest absolute Gasteiger partial charge is 0.339 e. The summed E-state index contributed by atoms with van der Waals surface area (Å²) in [6, 6.07) is 13.6. The second kappa shape index (κ2) is 8.94. The third kappa shape index (κ3) is 4.66. The van der Waals surface area contributed by atoms with Crippen molar-refractivity contribution in [3.8, 4) is 0 Å². The lowest BCUT2D eigenvalue weighted by Crippen LogP contribution is -2.42. The van der Waals surface area contributed by atoms with Gasteiger partial charge in [0.15, 0.2) is 0 Å². The molecule has 152 valence electrons. The van der Waals surface area contributed by atoms with Crippen LogP contribution in [0.1, 0.15) is 28.8 Å². The van der Waals surface area contributed by atoms with Gasteiger partial charge in [0.25, 0.3) is 15.9 Å². The van der Waals surface area contributed by atoms with Crippen LogP contribution in [0.2, 0.25) is 0 Å². The topological polar surface area (TPSA) is 83.7 Å². The highest BCUT2D eigenvalue weighted by Crippen LogP contribution is 2.23. The van der Waals surface area contributed by atoms with Gasteiger partial charge in [-0.3, -0.25) is 9.10 Å². The fourth-order valence-corrected chi connectivity index (χ4v) is 4.37. The smallest absolute Gasteiger partial charge is 0.264 e. The second-order valence-electron chi connectivity index (χ2n) is 6.97. The van der Waals surface area contributed by atoms with Crippen molar-refractivity contribution < 1.29 is 13.2 Å². The van der Waals surface area contributed by atoms with Crippen molar-refractivity contribution in [3.63, 3.8) is 0 Å². The summed E-state index contributed by atoms with van der Waals surface area (Å²) in [5, 5.41) is 0. The van der Waals surface area contributed by atoms with Crippen LogP contribution in [-0.2, 0) is 10.0 Å². The molecule has 1 heterocycles. The van der Waals surface area contributed by atoms with Crippen LogP contribution in [0.3, 0.4) is 0 Å². The Labute approximate surface area is 172 Å². The standard InChI is InChI=1S/C20H25N3O3S.ClH/c1-15-6-8-18(9-7-15)22(2)27(25,26)19-5-3-4-16(14-19)20(24)23-12-10-17(21)11-13-23;/h3-9,14,17H,10-13,21H2,1-2H3;1H. The number of rotatable bonds is 4. The number of nitrogens with two attached hydrogens (primary N) is 1. The molecule has 6 nitrogen and oxygen atoms in total. The highest BCUT2D eigenvalue weighted by Gasteiger charge is 2.25. The molecule has 2 aromatic rings. The van der Waals surface area contributed by atoms with Crippen molar-refractivity contribution in [1.29, 1.82) is 0 Å². The zero-order chi connectivity index (χ0) is 19.6. The molecule has 1 fully saturated rings. The number of piperidine rings is 1. The molecule has 0 radical (unpaired) electrons. The molecule has 0 spiro atoms. The molecule has 2 aromatic carbocycles. The maximum Gasteiger partial charge on any atom is 0.264 e. The third-order valence-electron chi connectivity index (χ3n) is 4.96. The minimum absolute atomic E-state index is 0. The van der Waals surface area contributed by atoms with Crippen LogP contribution < -0.4 is 10.0 Å². The number of benzene rings is 2. The molecular formula is C20H26ClN3O3S. The first-order chi connectivity index (χ1) is 12.8. The number of sulfonamides is 1. The maximum absolute atomic E-state index is 13.0. The minimum Gasteiger partial charge on any atom is -0.339 e. The van der Waals surface area contributed by atoms with Crippen LogP contribution >= 0.6 is 12.4 Å². The molecule has 0 aromatic heterocycles. The molecule has 1 amide bonds. The van der Waals surface area contributed by atoms with Gasteiger partial charge in [0.05, 0.1) is 10.6 Å². The zero-order valence-electron chi connectivity index (χ0n) is 16.0. The van der Waals surface area contributed by atoms with Crippen LogP contribution in [0.25, 0.3) is 0 Å². The van der Waals surface area contributed by atoms with E-state index < -0.39 is 10.0 Å². The summed E-state index contributed by atoms with van der Waals surface area (Å²) < 4.78 is 27.2. The van der Waals surface area contributed by atoms with E-state index in [4.69, 9.17) is 5.73 Å². The average molecular weight is 424 g/mol. The van der Waals surface area contributed by atoms with Gasteiger partial charge in [0, 0.05) is 31.7 Å². The predicted octanol–water partition coefficient (Wildman–Crippen LogP) is 2.81. The van der Waals surface area contributed by atoms with E-state index in [1.54, 1.807) is 29.2 Å². The van der Waals surface area contributed by atoms with E-state index in [0.717, 1.165) is 18.4 Å². The Morgan fingerprint density at radius 1 is 1.11 bits per heavy atom. The summed E-state index contributed by atoms with van der Waals surface area (Å²) in [6.45, 7) is 3.14. The third-order valence-corrected chi connectivity index (χ3v) is 6.75. The number of hydrogen-bond acceptors (Lipinski definition) is 4. The predicted molar refractivity (Wildman–Crippen MR) is 114 cm³/mol. The molecule has 1 saturated heterocycles. The number of nitrogens with zero attached hydrogens (tertiary/aromatic N) is 2. The number of likely N-dealkylation sites (tertiary alicyclic amines) is 1. The molecule has 0 aliphatic carbocycles. The van der Waals surface area contributed by atoms with E-state index in [1.165, 1.54) is 23.5 Å². The summed E-state index contributed by atoms with van der Waals surface area (Å²) in [4.78, 5) is 14.6. The molecule has 0 atom stereocenters. The number of hydrogen-bond donors (Lipinski definition) is 1. The number of halogens is 1. The number of carbonyl (C=O) groups is 1. The lowest BCUT2D eigenvalue weighted by atomic mass is 10.0. The Balaban J connectivity index is 0.00000280. The van der Waals surface area contributed by atoms with Gasteiger partial charge in [-0.15, -0.1) is 12.4 Å². The summed E-state index contributed by atoms with van der Waals surface area (Å²) >= 11 is 0. The molecule has 1 aliphatic heterocycles. The molecular weight excluding hydrogens is 398 g/mol. The Morgan fingerprint density at radius 3 is 2.32 bits per heavy atom. The maximum atomic E-state index is 13.0. The molecule has 0 unspecified atom stereocenters.